The molecule has 1 heterocycles. The lowest BCUT2D eigenvalue weighted by molar-refractivity contribution is -0.125. The Balaban J connectivity index is 2.72. The normalized spacial score (nSPS) is 15.9. The fourth-order valence-electron chi connectivity index (χ4n) is 0.694. The highest BCUT2D eigenvalue weighted by Crippen LogP contribution is 1.96. The van der Waals surface area contributed by atoms with Crippen molar-refractivity contribution in [3.8, 4) is 0 Å². The van der Waals surface area contributed by atoms with Crippen LogP contribution in [0.15, 0.2) is 11.8 Å². The standard InChI is InChI=1S/C6H6N2O3/c1-3(9)7-4-2-5(10)8-6(4)11/h2H,1H3,(H2,7,8,9,10,11). The fraction of sp³-hybridized carbons (Fsp3) is 0.167. The summed E-state index contributed by atoms with van der Waals surface area (Å²) in [6.45, 7) is 1.26. The van der Waals surface area contributed by atoms with E-state index in [4.69, 9.17) is 0 Å². The van der Waals surface area contributed by atoms with Gasteiger partial charge in [-0.1, -0.05) is 0 Å². The van der Waals surface area contributed by atoms with Crippen molar-refractivity contribution in [3.05, 3.63) is 11.8 Å². The first-order valence-corrected chi connectivity index (χ1v) is 2.94. The van der Waals surface area contributed by atoms with Gasteiger partial charge in [0.25, 0.3) is 11.8 Å². The van der Waals surface area contributed by atoms with Crippen LogP contribution < -0.4 is 10.6 Å². The van der Waals surface area contributed by atoms with Crippen LogP contribution in [0.2, 0.25) is 0 Å². The first-order chi connectivity index (χ1) is 5.09. The van der Waals surface area contributed by atoms with Gasteiger partial charge in [0.2, 0.25) is 5.91 Å². The van der Waals surface area contributed by atoms with Crippen molar-refractivity contribution in [2.75, 3.05) is 0 Å². The molecule has 0 aromatic heterocycles. The average Bonchev–Trinajstić information content (AvgIpc) is 2.09. The quantitative estimate of drug-likeness (QED) is 0.459. The van der Waals surface area contributed by atoms with E-state index in [9.17, 15) is 14.4 Å². The van der Waals surface area contributed by atoms with Crippen LogP contribution in [0, 0.1) is 0 Å². The van der Waals surface area contributed by atoms with Crippen LogP contribution >= 0.6 is 0 Å². The summed E-state index contributed by atoms with van der Waals surface area (Å²) < 4.78 is 0. The van der Waals surface area contributed by atoms with E-state index in [0.717, 1.165) is 6.08 Å². The molecule has 0 aliphatic carbocycles. The lowest BCUT2D eigenvalue weighted by Crippen LogP contribution is -2.29. The molecule has 0 radical (unpaired) electrons. The minimum Gasteiger partial charge on any atom is -0.322 e. The third-order valence-electron chi connectivity index (χ3n) is 1.07. The Bertz CT molecular complexity index is 267. The largest absolute Gasteiger partial charge is 0.322 e. The molecule has 0 atom stereocenters. The number of rotatable bonds is 1. The topological polar surface area (TPSA) is 75.3 Å². The Morgan fingerprint density at radius 2 is 2.18 bits per heavy atom. The molecule has 1 rings (SSSR count). The maximum absolute atomic E-state index is 10.7. The molecule has 0 saturated carbocycles. The molecular weight excluding hydrogens is 148 g/mol. The highest BCUT2D eigenvalue weighted by atomic mass is 16.2. The molecule has 0 aromatic carbocycles. The fourth-order valence-corrected chi connectivity index (χ4v) is 0.694. The molecule has 1 aliphatic heterocycles. The van der Waals surface area contributed by atoms with E-state index < -0.39 is 11.8 Å². The van der Waals surface area contributed by atoms with Gasteiger partial charge in [-0.3, -0.25) is 19.7 Å². The van der Waals surface area contributed by atoms with E-state index in [-0.39, 0.29) is 11.6 Å². The van der Waals surface area contributed by atoms with E-state index >= 15 is 0 Å². The highest BCUT2D eigenvalue weighted by Gasteiger charge is 2.20. The van der Waals surface area contributed by atoms with Crippen LogP contribution in [0.3, 0.4) is 0 Å². The number of hydrogen-bond acceptors (Lipinski definition) is 3. The monoisotopic (exact) mass is 154 g/mol. The van der Waals surface area contributed by atoms with Crippen LogP contribution in [0.1, 0.15) is 6.92 Å². The molecule has 0 bridgehead atoms. The zero-order chi connectivity index (χ0) is 8.43. The van der Waals surface area contributed by atoms with E-state index in [0.29, 0.717) is 0 Å². The molecular formula is C6H6N2O3. The zero-order valence-electron chi connectivity index (χ0n) is 5.80. The first kappa shape index (κ1) is 7.46. The number of imide groups is 1. The molecule has 5 heteroatoms. The van der Waals surface area contributed by atoms with E-state index in [1.54, 1.807) is 0 Å². The molecule has 2 N–H and O–H groups in total. The number of carbonyl (C=O) groups excluding carboxylic acids is 3. The van der Waals surface area contributed by atoms with Crippen molar-refractivity contribution in [2.45, 2.75) is 6.92 Å². The van der Waals surface area contributed by atoms with Crippen LogP contribution in [0.4, 0.5) is 0 Å². The number of amides is 3. The Morgan fingerprint density at radius 1 is 1.55 bits per heavy atom. The summed E-state index contributed by atoms with van der Waals surface area (Å²) in [5.74, 6) is -1.44. The second-order valence-corrected chi connectivity index (χ2v) is 2.06. The van der Waals surface area contributed by atoms with Gasteiger partial charge in [-0.05, 0) is 0 Å². The van der Waals surface area contributed by atoms with Crippen molar-refractivity contribution < 1.29 is 14.4 Å². The molecule has 0 unspecified atom stereocenters. The minimum atomic E-state index is -0.565. The molecule has 0 fully saturated rings. The highest BCUT2D eigenvalue weighted by molar-refractivity contribution is 6.17. The number of nitrogens with one attached hydrogen (secondary N) is 2. The molecule has 58 valence electrons. The summed E-state index contributed by atoms with van der Waals surface area (Å²) in [5, 5.41) is 4.20. The molecule has 3 amide bonds. The summed E-state index contributed by atoms with van der Waals surface area (Å²) in [6, 6.07) is 0. The lowest BCUT2D eigenvalue weighted by atomic mass is 10.4. The van der Waals surface area contributed by atoms with Crippen LogP contribution in [-0.2, 0) is 14.4 Å². The molecule has 5 nitrogen and oxygen atoms in total. The second kappa shape index (κ2) is 2.53. The predicted molar refractivity (Wildman–Crippen MR) is 35.0 cm³/mol. The Kier molecular flexibility index (Phi) is 1.72. The van der Waals surface area contributed by atoms with Crippen molar-refractivity contribution in [1.82, 2.24) is 10.6 Å². The van der Waals surface area contributed by atoms with Crippen LogP contribution in [0.25, 0.3) is 0 Å². The third kappa shape index (κ3) is 1.64. The summed E-state index contributed by atoms with van der Waals surface area (Å²) in [7, 11) is 0. The number of hydrogen-bond donors (Lipinski definition) is 2. The van der Waals surface area contributed by atoms with E-state index in [2.05, 4.69) is 5.32 Å². The van der Waals surface area contributed by atoms with Gasteiger partial charge in [-0.2, -0.15) is 0 Å². The summed E-state index contributed by atoms with van der Waals surface area (Å²) in [5.41, 5.74) is 0.00231. The molecule has 0 spiro atoms. The smallest absolute Gasteiger partial charge is 0.274 e. The van der Waals surface area contributed by atoms with Crippen molar-refractivity contribution in [2.24, 2.45) is 0 Å². The van der Waals surface area contributed by atoms with Crippen molar-refractivity contribution in [1.29, 1.82) is 0 Å². The van der Waals surface area contributed by atoms with Gasteiger partial charge >= 0.3 is 0 Å². The minimum absolute atomic E-state index is 0.00231. The summed E-state index contributed by atoms with van der Waals surface area (Å²) in [6.07, 6.45) is 1.05. The number of carbonyl (C=O) groups is 3. The second-order valence-electron chi connectivity index (χ2n) is 2.06. The van der Waals surface area contributed by atoms with Crippen molar-refractivity contribution >= 4 is 17.7 Å². The molecule has 0 saturated heterocycles. The zero-order valence-corrected chi connectivity index (χ0v) is 5.80. The van der Waals surface area contributed by atoms with Crippen LogP contribution in [0.5, 0.6) is 0 Å². The maximum Gasteiger partial charge on any atom is 0.274 e. The maximum atomic E-state index is 10.7. The van der Waals surface area contributed by atoms with E-state index in [1.807, 2.05) is 5.32 Å². The van der Waals surface area contributed by atoms with Crippen molar-refractivity contribution in [3.63, 3.8) is 0 Å². The Hall–Kier alpha value is -1.65. The van der Waals surface area contributed by atoms with Gasteiger partial charge < -0.3 is 5.32 Å². The van der Waals surface area contributed by atoms with Gasteiger partial charge in [0.1, 0.15) is 5.70 Å². The summed E-state index contributed by atoms with van der Waals surface area (Å²) >= 11 is 0. The summed E-state index contributed by atoms with van der Waals surface area (Å²) in [4.78, 5) is 31.6. The first-order valence-electron chi connectivity index (χ1n) is 2.94. The Morgan fingerprint density at radius 3 is 2.55 bits per heavy atom. The van der Waals surface area contributed by atoms with Gasteiger partial charge in [-0.25, -0.2) is 0 Å². The third-order valence-corrected chi connectivity index (χ3v) is 1.07. The predicted octanol–water partition coefficient (Wildman–Crippen LogP) is -1.34. The van der Waals surface area contributed by atoms with Gasteiger partial charge in [0.05, 0.1) is 0 Å². The SMILES string of the molecule is CC(=O)NC1=CC(=O)NC1=O. The average molecular weight is 154 g/mol. The lowest BCUT2D eigenvalue weighted by Gasteiger charge is -1.97. The van der Waals surface area contributed by atoms with Gasteiger partial charge in [-0.15, -0.1) is 0 Å². The Labute approximate surface area is 62.5 Å². The van der Waals surface area contributed by atoms with Gasteiger partial charge in [0, 0.05) is 13.0 Å². The molecule has 11 heavy (non-hydrogen) atoms. The van der Waals surface area contributed by atoms with Gasteiger partial charge in [0.15, 0.2) is 0 Å². The van der Waals surface area contributed by atoms with E-state index in [1.165, 1.54) is 6.92 Å². The van der Waals surface area contributed by atoms with Crippen LogP contribution in [-0.4, -0.2) is 17.7 Å². The molecule has 0 aromatic rings. The molecule has 1 aliphatic rings.